The van der Waals surface area contributed by atoms with Crippen LogP contribution in [0, 0.1) is 5.92 Å². The Morgan fingerprint density at radius 3 is 2.68 bits per heavy atom. The smallest absolute Gasteiger partial charge is 0.320 e. The zero-order valence-electron chi connectivity index (χ0n) is 18.6. The van der Waals surface area contributed by atoms with Gasteiger partial charge in [-0.05, 0) is 57.3 Å². The number of allylic oxidation sites excluding steroid dienone is 3. The standard InChI is InChI=1S/C23H33IN6O/c1-16-3-6-20-21(16)22(27-15-26-20)28-9-11-29(12-10-28)23(31)30(8-7-25)14-18-4-5-19(24)17(2)13-18/h4-5,15-17H,3,6-14,25H2,1-2H3/t16-,17?/m1/s1. The van der Waals surface area contributed by atoms with Crippen LogP contribution in [0.5, 0.6) is 0 Å². The average molecular weight is 536 g/mol. The van der Waals surface area contributed by atoms with Crippen LogP contribution in [-0.4, -0.2) is 71.6 Å². The van der Waals surface area contributed by atoms with E-state index in [2.05, 4.69) is 63.5 Å². The minimum atomic E-state index is 0.101. The second kappa shape index (κ2) is 9.85. The number of aryl methyl sites for hydroxylation is 1. The van der Waals surface area contributed by atoms with Crippen molar-refractivity contribution in [3.05, 3.63) is 38.9 Å². The van der Waals surface area contributed by atoms with E-state index in [1.54, 1.807) is 6.33 Å². The second-order valence-electron chi connectivity index (χ2n) is 8.95. The molecule has 31 heavy (non-hydrogen) atoms. The van der Waals surface area contributed by atoms with Gasteiger partial charge in [-0.1, -0.05) is 31.6 Å². The zero-order chi connectivity index (χ0) is 22.0. The number of halogens is 1. The van der Waals surface area contributed by atoms with Crippen molar-refractivity contribution in [1.82, 2.24) is 19.8 Å². The molecule has 2 N–H and O–H groups in total. The second-order valence-corrected chi connectivity index (χ2v) is 10.2. The molecular weight excluding hydrogens is 503 g/mol. The number of nitrogens with zero attached hydrogens (tertiary/aromatic N) is 5. The van der Waals surface area contributed by atoms with E-state index in [0.717, 1.165) is 38.2 Å². The van der Waals surface area contributed by atoms with Crippen molar-refractivity contribution >= 4 is 34.4 Å². The summed E-state index contributed by atoms with van der Waals surface area (Å²) in [7, 11) is 0. The van der Waals surface area contributed by atoms with Crippen LogP contribution < -0.4 is 10.6 Å². The van der Waals surface area contributed by atoms with E-state index >= 15 is 0 Å². The molecule has 168 valence electrons. The van der Waals surface area contributed by atoms with Crippen LogP contribution in [-0.2, 0) is 6.42 Å². The third-order valence-electron chi connectivity index (χ3n) is 6.68. The maximum atomic E-state index is 13.3. The summed E-state index contributed by atoms with van der Waals surface area (Å²) in [6, 6.07) is 0.101. The molecule has 3 aliphatic rings. The first-order valence-corrected chi connectivity index (χ1v) is 12.4. The van der Waals surface area contributed by atoms with Crippen LogP contribution in [0.1, 0.15) is 43.9 Å². The van der Waals surface area contributed by atoms with E-state index in [1.807, 2.05) is 9.80 Å². The van der Waals surface area contributed by atoms with E-state index < -0.39 is 0 Å². The van der Waals surface area contributed by atoms with Crippen molar-refractivity contribution in [2.75, 3.05) is 50.7 Å². The van der Waals surface area contributed by atoms with E-state index in [4.69, 9.17) is 5.73 Å². The molecule has 2 heterocycles. The highest BCUT2D eigenvalue weighted by atomic mass is 127. The summed E-state index contributed by atoms with van der Waals surface area (Å²) >= 11 is 2.40. The van der Waals surface area contributed by atoms with Gasteiger partial charge in [-0.2, -0.15) is 0 Å². The van der Waals surface area contributed by atoms with E-state index in [-0.39, 0.29) is 6.03 Å². The molecule has 2 amide bonds. The number of nitrogens with two attached hydrogens (primary N) is 1. The van der Waals surface area contributed by atoms with Crippen molar-refractivity contribution in [2.24, 2.45) is 11.7 Å². The minimum Gasteiger partial charge on any atom is -0.353 e. The number of urea groups is 1. The first-order valence-electron chi connectivity index (χ1n) is 11.4. The summed E-state index contributed by atoms with van der Waals surface area (Å²) in [6.07, 6.45) is 9.25. The van der Waals surface area contributed by atoms with Crippen molar-refractivity contribution in [3.8, 4) is 0 Å². The maximum absolute atomic E-state index is 13.3. The number of aromatic nitrogens is 2. The van der Waals surface area contributed by atoms with Crippen molar-refractivity contribution in [1.29, 1.82) is 0 Å². The number of rotatable bonds is 5. The monoisotopic (exact) mass is 536 g/mol. The third kappa shape index (κ3) is 4.89. The van der Waals surface area contributed by atoms with E-state index in [9.17, 15) is 4.79 Å². The predicted molar refractivity (Wildman–Crippen MR) is 133 cm³/mol. The van der Waals surface area contributed by atoms with Crippen molar-refractivity contribution < 1.29 is 4.79 Å². The highest BCUT2D eigenvalue weighted by Gasteiger charge is 2.30. The number of carbonyl (C=O) groups is 1. The van der Waals surface area contributed by atoms with Crippen molar-refractivity contribution in [2.45, 2.75) is 39.0 Å². The molecule has 0 spiro atoms. The Balaban J connectivity index is 1.40. The SMILES string of the molecule is CC1CC(CN(CCN)C(=O)N2CCN(c3ncnc4c3[C@H](C)CC4)CC2)=CC=C1I. The lowest BCUT2D eigenvalue weighted by Gasteiger charge is -2.39. The van der Waals surface area contributed by atoms with Gasteiger partial charge >= 0.3 is 6.03 Å². The van der Waals surface area contributed by atoms with Gasteiger partial charge in [0.1, 0.15) is 12.1 Å². The van der Waals surface area contributed by atoms with E-state index in [1.165, 1.54) is 20.4 Å². The summed E-state index contributed by atoms with van der Waals surface area (Å²) in [5.74, 6) is 2.11. The Hall–Kier alpha value is -1.68. The minimum absolute atomic E-state index is 0.101. The summed E-state index contributed by atoms with van der Waals surface area (Å²) in [4.78, 5) is 28.6. The van der Waals surface area contributed by atoms with Crippen LogP contribution in [0.4, 0.5) is 10.6 Å². The number of piperazine rings is 1. The molecule has 0 saturated carbocycles. The Morgan fingerprint density at radius 2 is 1.97 bits per heavy atom. The molecule has 1 saturated heterocycles. The lowest BCUT2D eigenvalue weighted by molar-refractivity contribution is 0.154. The summed E-state index contributed by atoms with van der Waals surface area (Å²) in [6.45, 7) is 9.26. The first kappa shape index (κ1) is 22.5. The first-order chi connectivity index (χ1) is 15.0. The molecule has 1 aromatic heterocycles. The Morgan fingerprint density at radius 1 is 1.19 bits per heavy atom. The maximum Gasteiger partial charge on any atom is 0.320 e. The molecule has 1 aromatic rings. The van der Waals surface area contributed by atoms with Gasteiger partial charge in [0.05, 0.1) is 0 Å². The van der Waals surface area contributed by atoms with Crippen LogP contribution in [0.2, 0.25) is 0 Å². The van der Waals surface area contributed by atoms with Gasteiger partial charge in [0, 0.05) is 57.1 Å². The number of amides is 2. The molecule has 2 aliphatic carbocycles. The summed E-state index contributed by atoms with van der Waals surface area (Å²) < 4.78 is 1.37. The number of anilines is 1. The van der Waals surface area contributed by atoms with Gasteiger partial charge in [-0.15, -0.1) is 0 Å². The van der Waals surface area contributed by atoms with Gasteiger partial charge < -0.3 is 20.4 Å². The molecule has 2 atom stereocenters. The van der Waals surface area contributed by atoms with Crippen LogP contribution >= 0.6 is 22.6 Å². The Kier molecular flexibility index (Phi) is 7.15. The van der Waals surface area contributed by atoms with Crippen LogP contribution in [0.15, 0.2) is 27.6 Å². The van der Waals surface area contributed by atoms with Gasteiger partial charge in [0.25, 0.3) is 0 Å². The Bertz CT molecular complexity index is 877. The molecule has 1 fully saturated rings. The fourth-order valence-corrected chi connectivity index (χ4v) is 5.27. The fraction of sp³-hybridized carbons (Fsp3) is 0.609. The predicted octanol–water partition coefficient (Wildman–Crippen LogP) is 3.31. The van der Waals surface area contributed by atoms with Gasteiger partial charge in [-0.3, -0.25) is 0 Å². The largest absolute Gasteiger partial charge is 0.353 e. The van der Waals surface area contributed by atoms with Crippen molar-refractivity contribution in [3.63, 3.8) is 0 Å². The fourth-order valence-electron chi connectivity index (χ4n) is 4.87. The van der Waals surface area contributed by atoms with Crippen LogP contribution in [0.3, 0.4) is 0 Å². The highest BCUT2D eigenvalue weighted by molar-refractivity contribution is 14.1. The average Bonchev–Trinajstić information content (AvgIpc) is 3.17. The molecule has 1 unspecified atom stereocenters. The molecule has 0 radical (unpaired) electrons. The number of hydrogen-bond acceptors (Lipinski definition) is 5. The normalized spacial score (nSPS) is 23.4. The number of hydrogen-bond donors (Lipinski definition) is 1. The topological polar surface area (TPSA) is 78.6 Å². The molecule has 8 heteroatoms. The zero-order valence-corrected chi connectivity index (χ0v) is 20.7. The highest BCUT2D eigenvalue weighted by Crippen LogP contribution is 2.37. The molecule has 4 rings (SSSR count). The van der Waals surface area contributed by atoms with Gasteiger partial charge in [-0.25, -0.2) is 14.8 Å². The number of carbonyl (C=O) groups excluding carboxylic acids is 1. The summed E-state index contributed by atoms with van der Waals surface area (Å²) in [5, 5.41) is 0. The summed E-state index contributed by atoms with van der Waals surface area (Å²) in [5.41, 5.74) is 9.66. The lowest BCUT2D eigenvalue weighted by Crippen LogP contribution is -2.54. The molecule has 7 nitrogen and oxygen atoms in total. The molecule has 0 aromatic carbocycles. The number of fused-ring (bicyclic) bond motifs is 1. The van der Waals surface area contributed by atoms with E-state index in [0.29, 0.717) is 44.6 Å². The van der Waals surface area contributed by atoms with Gasteiger partial charge in [0.2, 0.25) is 0 Å². The van der Waals surface area contributed by atoms with Gasteiger partial charge in [0.15, 0.2) is 0 Å². The lowest BCUT2D eigenvalue weighted by atomic mass is 9.95. The molecule has 0 bridgehead atoms. The van der Waals surface area contributed by atoms with Crippen LogP contribution in [0.25, 0.3) is 0 Å². The molecule has 1 aliphatic heterocycles. The quantitative estimate of drug-likeness (QED) is 0.585. The Labute approximate surface area is 198 Å². The third-order valence-corrected chi connectivity index (χ3v) is 8.11. The molecular formula is C23H33IN6O.